The van der Waals surface area contributed by atoms with Gasteiger partial charge in [-0.05, 0) is 12.3 Å². The molecule has 0 saturated heterocycles. The van der Waals surface area contributed by atoms with E-state index in [9.17, 15) is 9.59 Å². The van der Waals surface area contributed by atoms with Crippen LogP contribution in [0.4, 0.5) is 0 Å². The summed E-state index contributed by atoms with van der Waals surface area (Å²) in [6, 6.07) is 1.55. The van der Waals surface area contributed by atoms with Crippen LogP contribution in [0.1, 0.15) is 37.8 Å². The number of H-pyrrole nitrogens is 1. The van der Waals surface area contributed by atoms with E-state index in [1.165, 1.54) is 39.2 Å². The molecule has 16 heavy (non-hydrogen) atoms. The van der Waals surface area contributed by atoms with E-state index in [1.807, 2.05) is 0 Å². The van der Waals surface area contributed by atoms with Gasteiger partial charge in [0.05, 0.1) is 0 Å². The number of nitrogens with one attached hydrogen (secondary N) is 1. The maximum absolute atomic E-state index is 11.4. The number of aromatic nitrogens is 2. The Kier molecular flexibility index (Phi) is 3.27. The SMILES string of the molecule is Cn1c(=O)cc(CC2CCCCC2)[nH]c1=O. The number of rotatable bonds is 2. The maximum atomic E-state index is 11.4. The highest BCUT2D eigenvalue weighted by Crippen LogP contribution is 2.25. The number of hydrogen-bond acceptors (Lipinski definition) is 2. The highest BCUT2D eigenvalue weighted by Gasteiger charge is 2.14. The Morgan fingerprint density at radius 1 is 1.31 bits per heavy atom. The molecule has 4 heteroatoms. The summed E-state index contributed by atoms with van der Waals surface area (Å²) < 4.78 is 1.10. The van der Waals surface area contributed by atoms with Crippen molar-refractivity contribution in [3.05, 3.63) is 32.6 Å². The molecule has 1 fully saturated rings. The molecule has 2 rings (SSSR count). The lowest BCUT2D eigenvalue weighted by Crippen LogP contribution is -2.33. The van der Waals surface area contributed by atoms with Gasteiger partial charge in [-0.1, -0.05) is 32.1 Å². The molecule has 1 N–H and O–H groups in total. The van der Waals surface area contributed by atoms with Crippen molar-refractivity contribution >= 4 is 0 Å². The first-order valence-corrected chi connectivity index (χ1v) is 5.96. The van der Waals surface area contributed by atoms with Crippen LogP contribution in [0.5, 0.6) is 0 Å². The highest BCUT2D eigenvalue weighted by atomic mass is 16.2. The third kappa shape index (κ3) is 2.43. The summed E-state index contributed by atoms with van der Waals surface area (Å²) in [5.41, 5.74) is 0.271. The Hall–Kier alpha value is -1.32. The smallest absolute Gasteiger partial charge is 0.311 e. The molecule has 0 spiro atoms. The highest BCUT2D eigenvalue weighted by molar-refractivity contribution is 5.01. The first-order valence-electron chi connectivity index (χ1n) is 5.96. The van der Waals surface area contributed by atoms with Gasteiger partial charge in [-0.3, -0.25) is 9.36 Å². The summed E-state index contributed by atoms with van der Waals surface area (Å²) in [4.78, 5) is 25.6. The monoisotopic (exact) mass is 222 g/mol. The largest absolute Gasteiger partial charge is 0.328 e. The van der Waals surface area contributed by atoms with Crippen molar-refractivity contribution < 1.29 is 0 Å². The third-order valence-corrected chi connectivity index (χ3v) is 3.43. The fourth-order valence-corrected chi connectivity index (χ4v) is 2.42. The molecule has 0 bridgehead atoms. The van der Waals surface area contributed by atoms with Gasteiger partial charge in [-0.15, -0.1) is 0 Å². The second kappa shape index (κ2) is 4.68. The van der Waals surface area contributed by atoms with Gasteiger partial charge in [-0.2, -0.15) is 0 Å². The van der Waals surface area contributed by atoms with Crippen LogP contribution in [-0.2, 0) is 13.5 Å². The van der Waals surface area contributed by atoms with E-state index in [4.69, 9.17) is 0 Å². The van der Waals surface area contributed by atoms with Gasteiger partial charge < -0.3 is 4.98 Å². The number of aromatic amines is 1. The van der Waals surface area contributed by atoms with E-state index >= 15 is 0 Å². The zero-order valence-corrected chi connectivity index (χ0v) is 9.66. The van der Waals surface area contributed by atoms with Crippen molar-refractivity contribution in [2.75, 3.05) is 0 Å². The van der Waals surface area contributed by atoms with E-state index in [1.54, 1.807) is 6.07 Å². The molecule has 1 aromatic heterocycles. The van der Waals surface area contributed by atoms with Gasteiger partial charge in [0.25, 0.3) is 5.56 Å². The van der Waals surface area contributed by atoms with Crippen molar-refractivity contribution in [1.29, 1.82) is 0 Å². The minimum absolute atomic E-state index is 0.213. The van der Waals surface area contributed by atoms with Crippen LogP contribution in [0.25, 0.3) is 0 Å². The summed E-state index contributed by atoms with van der Waals surface area (Å²) in [5, 5.41) is 0. The molecular weight excluding hydrogens is 204 g/mol. The summed E-state index contributed by atoms with van der Waals surface area (Å²) in [6.45, 7) is 0. The summed E-state index contributed by atoms with van der Waals surface area (Å²) in [5.74, 6) is 0.636. The molecule has 1 aliphatic carbocycles. The Morgan fingerprint density at radius 3 is 2.62 bits per heavy atom. The molecule has 0 radical (unpaired) electrons. The molecule has 0 unspecified atom stereocenters. The minimum atomic E-state index is -0.307. The standard InChI is InChI=1S/C12H18N2O2/c1-14-11(15)8-10(13-12(14)16)7-9-5-3-2-4-6-9/h8-9H,2-7H2,1H3,(H,13,16). The molecule has 0 amide bonds. The first kappa shape index (κ1) is 11.2. The van der Waals surface area contributed by atoms with E-state index < -0.39 is 0 Å². The summed E-state index contributed by atoms with van der Waals surface area (Å²) >= 11 is 0. The Morgan fingerprint density at radius 2 is 2.00 bits per heavy atom. The van der Waals surface area contributed by atoms with Gasteiger partial charge in [0, 0.05) is 18.8 Å². The number of nitrogens with zero attached hydrogens (tertiary/aromatic N) is 1. The molecule has 1 aromatic rings. The lowest BCUT2D eigenvalue weighted by atomic mass is 9.86. The van der Waals surface area contributed by atoms with Crippen LogP contribution < -0.4 is 11.2 Å². The van der Waals surface area contributed by atoms with Crippen molar-refractivity contribution in [2.45, 2.75) is 38.5 Å². The van der Waals surface area contributed by atoms with Crippen LogP contribution in [0.2, 0.25) is 0 Å². The van der Waals surface area contributed by atoms with Gasteiger partial charge in [0.15, 0.2) is 0 Å². The molecule has 0 aromatic carbocycles. The Bertz CT molecular complexity index is 435. The normalized spacial score (nSPS) is 17.6. The zero-order valence-electron chi connectivity index (χ0n) is 9.66. The molecule has 0 aliphatic heterocycles. The fourth-order valence-electron chi connectivity index (χ4n) is 2.42. The van der Waals surface area contributed by atoms with Crippen LogP contribution in [0.15, 0.2) is 15.7 Å². The summed E-state index contributed by atoms with van der Waals surface area (Å²) in [6.07, 6.45) is 7.16. The lowest BCUT2D eigenvalue weighted by molar-refractivity contribution is 0.353. The average molecular weight is 222 g/mol. The van der Waals surface area contributed by atoms with Gasteiger partial charge in [0.1, 0.15) is 0 Å². The molecule has 4 nitrogen and oxygen atoms in total. The first-order chi connectivity index (χ1) is 7.66. The van der Waals surface area contributed by atoms with Crippen molar-refractivity contribution in [1.82, 2.24) is 9.55 Å². The van der Waals surface area contributed by atoms with Gasteiger partial charge >= 0.3 is 5.69 Å². The van der Waals surface area contributed by atoms with Crippen molar-refractivity contribution in [3.8, 4) is 0 Å². The maximum Gasteiger partial charge on any atom is 0.328 e. The lowest BCUT2D eigenvalue weighted by Gasteiger charge is -2.21. The average Bonchev–Trinajstić information content (AvgIpc) is 2.27. The van der Waals surface area contributed by atoms with Gasteiger partial charge in [-0.25, -0.2) is 4.79 Å². The zero-order chi connectivity index (χ0) is 11.5. The molecule has 1 saturated carbocycles. The predicted molar refractivity (Wildman–Crippen MR) is 62.6 cm³/mol. The van der Waals surface area contributed by atoms with E-state index in [0.717, 1.165) is 16.7 Å². The van der Waals surface area contributed by atoms with Crippen molar-refractivity contribution in [2.24, 2.45) is 13.0 Å². The second-order valence-electron chi connectivity index (χ2n) is 4.71. The second-order valence-corrected chi connectivity index (χ2v) is 4.71. The number of hydrogen-bond donors (Lipinski definition) is 1. The van der Waals surface area contributed by atoms with Gasteiger partial charge in [0.2, 0.25) is 0 Å². The Balaban J connectivity index is 2.15. The summed E-state index contributed by atoms with van der Waals surface area (Å²) in [7, 11) is 1.49. The Labute approximate surface area is 94.3 Å². The quantitative estimate of drug-likeness (QED) is 0.817. The van der Waals surface area contributed by atoms with Crippen molar-refractivity contribution in [3.63, 3.8) is 0 Å². The molecule has 0 atom stereocenters. The minimum Gasteiger partial charge on any atom is -0.311 e. The molecular formula is C12H18N2O2. The predicted octanol–water partition coefficient (Wildman–Crippen LogP) is 1.20. The third-order valence-electron chi connectivity index (χ3n) is 3.43. The van der Waals surface area contributed by atoms with E-state index in [2.05, 4.69) is 4.98 Å². The molecule has 1 heterocycles. The van der Waals surface area contributed by atoms with Crippen LogP contribution >= 0.6 is 0 Å². The van der Waals surface area contributed by atoms with Crippen LogP contribution in [-0.4, -0.2) is 9.55 Å². The van der Waals surface area contributed by atoms with Crippen LogP contribution in [0.3, 0.4) is 0 Å². The fraction of sp³-hybridized carbons (Fsp3) is 0.667. The van der Waals surface area contributed by atoms with Crippen LogP contribution in [0, 0.1) is 5.92 Å². The molecule has 88 valence electrons. The van der Waals surface area contributed by atoms with E-state index in [0.29, 0.717) is 5.92 Å². The topological polar surface area (TPSA) is 54.9 Å². The van der Waals surface area contributed by atoms with E-state index in [-0.39, 0.29) is 11.2 Å². The molecule has 1 aliphatic rings.